The average Bonchev–Trinajstić information content (AvgIpc) is 2.17. The predicted molar refractivity (Wildman–Crippen MR) is 57.5 cm³/mol. The fourth-order valence-electron chi connectivity index (χ4n) is 1.48. The van der Waals surface area contributed by atoms with E-state index >= 15 is 0 Å². The molecule has 0 aromatic rings. The lowest BCUT2D eigenvalue weighted by Crippen LogP contribution is -2.44. The van der Waals surface area contributed by atoms with Gasteiger partial charge in [0, 0.05) is 19.6 Å². The van der Waals surface area contributed by atoms with Crippen molar-refractivity contribution in [2.45, 2.75) is 20.0 Å². The first-order valence-electron chi connectivity index (χ1n) is 5.51. The van der Waals surface area contributed by atoms with Gasteiger partial charge in [-0.05, 0) is 13.8 Å². The highest BCUT2D eigenvalue weighted by atomic mass is 19.4. The first-order chi connectivity index (χ1) is 7.84. The molecule has 4 nitrogen and oxygen atoms in total. The van der Waals surface area contributed by atoms with Gasteiger partial charge in [0.05, 0.1) is 19.7 Å². The fourth-order valence-corrected chi connectivity index (χ4v) is 1.48. The average molecular weight is 256 g/mol. The molecule has 0 fully saturated rings. The molecule has 1 amide bonds. The summed E-state index contributed by atoms with van der Waals surface area (Å²) in [6.45, 7) is 2.40. The van der Waals surface area contributed by atoms with Gasteiger partial charge in [-0.1, -0.05) is 0 Å². The quantitative estimate of drug-likeness (QED) is 0.729. The number of hydrogen-bond acceptors (Lipinski definition) is 3. The van der Waals surface area contributed by atoms with E-state index in [4.69, 9.17) is 5.11 Å². The van der Waals surface area contributed by atoms with Crippen molar-refractivity contribution in [1.82, 2.24) is 9.80 Å². The van der Waals surface area contributed by atoms with Crippen LogP contribution in [0.1, 0.15) is 13.8 Å². The molecule has 0 aliphatic carbocycles. The molecule has 0 rings (SSSR count). The van der Waals surface area contributed by atoms with Crippen LogP contribution in [0.2, 0.25) is 0 Å². The Morgan fingerprint density at radius 3 is 2.12 bits per heavy atom. The van der Waals surface area contributed by atoms with Crippen molar-refractivity contribution < 1.29 is 23.1 Å². The predicted octanol–water partition coefficient (Wildman–Crippen LogP) is 0.711. The first-order valence-corrected chi connectivity index (χ1v) is 5.51. The van der Waals surface area contributed by atoms with Gasteiger partial charge in [0.15, 0.2) is 0 Å². The van der Waals surface area contributed by atoms with Gasteiger partial charge in [-0.2, -0.15) is 13.2 Å². The molecule has 0 spiro atoms. The lowest BCUT2D eigenvalue weighted by atomic mass is 10.4. The molecule has 0 aliphatic heterocycles. The highest BCUT2D eigenvalue weighted by molar-refractivity contribution is 5.78. The van der Waals surface area contributed by atoms with E-state index in [0.717, 1.165) is 4.90 Å². The van der Waals surface area contributed by atoms with Crippen molar-refractivity contribution in [3.63, 3.8) is 0 Å². The van der Waals surface area contributed by atoms with E-state index in [2.05, 4.69) is 0 Å². The molecule has 0 radical (unpaired) electrons. The van der Waals surface area contributed by atoms with Crippen LogP contribution in [0.25, 0.3) is 0 Å². The summed E-state index contributed by atoms with van der Waals surface area (Å²) in [5, 5.41) is 8.67. The van der Waals surface area contributed by atoms with Gasteiger partial charge in [0.1, 0.15) is 0 Å². The molecule has 17 heavy (non-hydrogen) atoms. The molecular weight excluding hydrogens is 237 g/mol. The molecule has 0 aromatic carbocycles. The summed E-state index contributed by atoms with van der Waals surface area (Å²) in [7, 11) is 0. The summed E-state index contributed by atoms with van der Waals surface area (Å²) in [6, 6.07) is 0. The van der Waals surface area contributed by atoms with Gasteiger partial charge in [0.2, 0.25) is 5.91 Å². The fraction of sp³-hybridized carbons (Fsp3) is 0.900. The van der Waals surface area contributed by atoms with Crippen LogP contribution < -0.4 is 0 Å². The van der Waals surface area contributed by atoms with E-state index < -0.39 is 19.3 Å². The van der Waals surface area contributed by atoms with Crippen molar-refractivity contribution in [2.75, 3.05) is 39.3 Å². The molecule has 0 saturated heterocycles. The third-order valence-electron chi connectivity index (χ3n) is 2.29. The number of halogens is 3. The maximum Gasteiger partial charge on any atom is 0.401 e. The van der Waals surface area contributed by atoms with Crippen molar-refractivity contribution in [2.24, 2.45) is 0 Å². The van der Waals surface area contributed by atoms with Crippen LogP contribution in [0.3, 0.4) is 0 Å². The van der Waals surface area contributed by atoms with Crippen LogP contribution in [0.15, 0.2) is 0 Å². The topological polar surface area (TPSA) is 43.8 Å². The second-order valence-corrected chi connectivity index (χ2v) is 3.62. The molecule has 0 bridgehead atoms. The van der Waals surface area contributed by atoms with Gasteiger partial charge >= 0.3 is 6.18 Å². The van der Waals surface area contributed by atoms with Gasteiger partial charge in [-0.15, -0.1) is 0 Å². The zero-order chi connectivity index (χ0) is 13.5. The van der Waals surface area contributed by atoms with Crippen LogP contribution in [0.5, 0.6) is 0 Å². The highest BCUT2D eigenvalue weighted by Crippen LogP contribution is 2.16. The van der Waals surface area contributed by atoms with Crippen molar-refractivity contribution in [3.05, 3.63) is 0 Å². The van der Waals surface area contributed by atoms with E-state index in [1.165, 1.54) is 4.90 Å². The van der Waals surface area contributed by atoms with E-state index in [-0.39, 0.29) is 19.0 Å². The maximum absolute atomic E-state index is 12.2. The summed E-state index contributed by atoms with van der Waals surface area (Å²) in [5.41, 5.74) is 0. The minimum absolute atomic E-state index is 0.160. The number of aliphatic hydroxyl groups is 1. The normalized spacial score (nSPS) is 11.9. The minimum atomic E-state index is -4.36. The monoisotopic (exact) mass is 256 g/mol. The number of hydrogen-bond donors (Lipinski definition) is 1. The largest absolute Gasteiger partial charge is 0.401 e. The number of amides is 1. The Hall–Kier alpha value is -0.820. The second kappa shape index (κ2) is 7.50. The Balaban J connectivity index is 4.38. The molecule has 0 unspecified atom stereocenters. The summed E-state index contributed by atoms with van der Waals surface area (Å²) in [6.07, 6.45) is -4.36. The number of likely N-dealkylation sites (N-methyl/N-ethyl adjacent to an activating group) is 1. The smallest absolute Gasteiger partial charge is 0.395 e. The molecule has 1 N–H and O–H groups in total. The Morgan fingerprint density at radius 1 is 1.24 bits per heavy atom. The summed E-state index contributed by atoms with van der Waals surface area (Å²) in [4.78, 5) is 14.0. The highest BCUT2D eigenvalue weighted by Gasteiger charge is 2.31. The summed E-state index contributed by atoms with van der Waals surface area (Å²) >= 11 is 0. The van der Waals surface area contributed by atoms with Gasteiger partial charge in [-0.25, -0.2) is 0 Å². The van der Waals surface area contributed by atoms with Gasteiger partial charge < -0.3 is 10.0 Å². The maximum atomic E-state index is 12.2. The van der Waals surface area contributed by atoms with Crippen molar-refractivity contribution >= 4 is 5.91 Å². The molecule has 0 atom stereocenters. The zero-order valence-corrected chi connectivity index (χ0v) is 10.1. The molecule has 102 valence electrons. The summed E-state index contributed by atoms with van der Waals surface area (Å²) in [5.74, 6) is -0.354. The lowest BCUT2D eigenvalue weighted by Gasteiger charge is -2.26. The number of aliphatic hydroxyl groups excluding tert-OH is 1. The first kappa shape index (κ1) is 16.2. The Labute approximate surface area is 99.0 Å². The Morgan fingerprint density at radius 2 is 1.76 bits per heavy atom. The molecule has 0 heterocycles. The van der Waals surface area contributed by atoms with Crippen LogP contribution >= 0.6 is 0 Å². The van der Waals surface area contributed by atoms with Crippen molar-refractivity contribution in [1.29, 1.82) is 0 Å². The number of nitrogens with zero attached hydrogens (tertiary/aromatic N) is 2. The summed E-state index contributed by atoms with van der Waals surface area (Å²) < 4.78 is 36.6. The number of carbonyl (C=O) groups excluding carboxylic acids is 1. The van der Waals surface area contributed by atoms with Crippen LogP contribution in [-0.2, 0) is 4.79 Å². The zero-order valence-electron chi connectivity index (χ0n) is 10.1. The van der Waals surface area contributed by atoms with E-state index in [9.17, 15) is 18.0 Å². The lowest BCUT2D eigenvalue weighted by molar-refractivity contribution is -0.152. The van der Waals surface area contributed by atoms with E-state index in [1.54, 1.807) is 13.8 Å². The molecule has 0 aliphatic rings. The molecule has 0 saturated carbocycles. The number of rotatable bonds is 7. The van der Waals surface area contributed by atoms with Crippen LogP contribution in [0, 0.1) is 0 Å². The van der Waals surface area contributed by atoms with Gasteiger partial charge in [0.25, 0.3) is 0 Å². The Bertz CT molecular complexity index is 230. The standard InChI is InChI=1S/C10H19F3N2O2/c1-3-15(4-2)9(17)7-14(5-6-16)8-10(11,12)13/h16H,3-8H2,1-2H3. The molecule has 0 aromatic heterocycles. The van der Waals surface area contributed by atoms with Crippen LogP contribution in [0.4, 0.5) is 13.2 Å². The third-order valence-corrected chi connectivity index (χ3v) is 2.29. The second-order valence-electron chi connectivity index (χ2n) is 3.62. The van der Waals surface area contributed by atoms with Gasteiger partial charge in [-0.3, -0.25) is 9.69 Å². The van der Waals surface area contributed by atoms with Crippen LogP contribution in [-0.4, -0.2) is 66.3 Å². The molecule has 7 heteroatoms. The number of alkyl halides is 3. The Kier molecular flexibility index (Phi) is 7.13. The van der Waals surface area contributed by atoms with E-state index in [1.807, 2.05) is 0 Å². The minimum Gasteiger partial charge on any atom is -0.395 e. The van der Waals surface area contributed by atoms with E-state index in [0.29, 0.717) is 13.1 Å². The van der Waals surface area contributed by atoms with Crippen molar-refractivity contribution in [3.8, 4) is 0 Å². The molecular formula is C10H19F3N2O2. The number of carbonyl (C=O) groups is 1. The third kappa shape index (κ3) is 7.17. The SMILES string of the molecule is CCN(CC)C(=O)CN(CCO)CC(F)(F)F.